The summed E-state index contributed by atoms with van der Waals surface area (Å²) >= 11 is 0. The van der Waals surface area contributed by atoms with Crippen molar-refractivity contribution in [1.82, 2.24) is 34.9 Å². The Bertz CT molecular complexity index is 1860. The van der Waals surface area contributed by atoms with Crippen LogP contribution < -0.4 is 15.6 Å². The Kier molecular flexibility index (Phi) is 10.1. The van der Waals surface area contributed by atoms with E-state index in [-0.39, 0.29) is 36.6 Å². The molecule has 0 aliphatic rings. The maximum atomic E-state index is 13.6. The van der Waals surface area contributed by atoms with Crippen LogP contribution in [0.3, 0.4) is 0 Å². The number of hydrogen-bond donors (Lipinski definition) is 3. The van der Waals surface area contributed by atoms with E-state index >= 15 is 0 Å². The second-order valence-corrected chi connectivity index (χ2v) is 11.0. The number of amides is 1. The third-order valence-electron chi connectivity index (χ3n) is 7.58. The maximum Gasteiger partial charge on any atom is 0.323 e. The van der Waals surface area contributed by atoms with E-state index in [0.717, 1.165) is 16.7 Å². The van der Waals surface area contributed by atoms with Crippen LogP contribution in [0.4, 0.5) is 5.95 Å². The summed E-state index contributed by atoms with van der Waals surface area (Å²) in [7, 11) is 5.16. The maximum absolute atomic E-state index is 13.6. The summed E-state index contributed by atoms with van der Waals surface area (Å²) < 4.78 is 6.69. The predicted octanol–water partition coefficient (Wildman–Crippen LogP) is 2.84. The monoisotopic (exact) mass is 636 g/mol. The summed E-state index contributed by atoms with van der Waals surface area (Å²) in [5.41, 5.74) is 1.70. The highest BCUT2D eigenvalue weighted by molar-refractivity contribution is 5.83. The molecule has 0 bridgehead atoms. The molecule has 0 atom stereocenters. The van der Waals surface area contributed by atoms with Crippen molar-refractivity contribution in [3.05, 3.63) is 118 Å². The molecule has 0 aliphatic heterocycles. The first-order valence-corrected chi connectivity index (χ1v) is 14.9. The van der Waals surface area contributed by atoms with Crippen LogP contribution in [-0.2, 0) is 21.7 Å². The molecule has 242 valence electrons. The molecule has 13 nitrogen and oxygen atoms in total. The minimum atomic E-state index is -1.16. The number of benzene rings is 3. The Morgan fingerprint density at radius 2 is 1.62 bits per heavy atom. The van der Waals surface area contributed by atoms with Crippen molar-refractivity contribution < 1.29 is 19.4 Å². The van der Waals surface area contributed by atoms with Gasteiger partial charge >= 0.3 is 5.97 Å². The van der Waals surface area contributed by atoms with Gasteiger partial charge in [-0.2, -0.15) is 10.1 Å². The number of nitrogens with one attached hydrogen (secondary N) is 2. The lowest BCUT2D eigenvalue weighted by atomic mass is 9.77. The quantitative estimate of drug-likeness (QED) is 0.0947. The van der Waals surface area contributed by atoms with Crippen LogP contribution in [0.5, 0.6) is 5.75 Å². The number of carbonyl (C=O) groups is 2. The normalized spacial score (nSPS) is 11.6. The standard InChI is InChI=1S/C34H36N8O5/c1-40(2)23-35-33-38-31-28(32(46)39-33)20-37-42(31)21-29(43)41(22-30(44)45)19-18-36-34(24-10-6-4-7-11-24,25-12-8-5-9-13-25)26-14-16-27(47-3)17-15-26/h4-17,20,23,36H,18-19,21-22H2,1-3H3,(H,44,45)(H,38,39,46). The zero-order valence-corrected chi connectivity index (χ0v) is 26.3. The molecule has 0 saturated carbocycles. The number of methoxy groups -OCH3 is 1. The van der Waals surface area contributed by atoms with Crippen LogP contribution in [-0.4, -0.2) is 93.7 Å². The number of ether oxygens (including phenoxy) is 1. The number of carboxylic acids is 1. The number of aliphatic imine (C=N–C) groups is 1. The fourth-order valence-electron chi connectivity index (χ4n) is 5.39. The van der Waals surface area contributed by atoms with Gasteiger partial charge in [0.25, 0.3) is 5.56 Å². The predicted molar refractivity (Wildman–Crippen MR) is 178 cm³/mol. The Labute approximate surface area is 271 Å². The summed E-state index contributed by atoms with van der Waals surface area (Å²) in [6.07, 6.45) is 2.80. The molecule has 5 rings (SSSR count). The van der Waals surface area contributed by atoms with Crippen LogP contribution >= 0.6 is 0 Å². The van der Waals surface area contributed by atoms with E-state index in [1.54, 1.807) is 26.1 Å². The van der Waals surface area contributed by atoms with Crippen molar-refractivity contribution in [2.24, 2.45) is 4.99 Å². The first-order valence-electron chi connectivity index (χ1n) is 14.9. The number of aromatic amines is 1. The Morgan fingerprint density at radius 1 is 1.00 bits per heavy atom. The molecule has 13 heteroatoms. The van der Waals surface area contributed by atoms with E-state index in [1.165, 1.54) is 22.1 Å². The summed E-state index contributed by atoms with van der Waals surface area (Å²) in [6.45, 7) is -0.562. The van der Waals surface area contributed by atoms with E-state index in [1.807, 2.05) is 84.9 Å². The summed E-state index contributed by atoms with van der Waals surface area (Å²) in [6, 6.07) is 27.6. The highest BCUT2D eigenvalue weighted by atomic mass is 16.5. The van der Waals surface area contributed by atoms with Gasteiger partial charge in [0.1, 0.15) is 24.2 Å². The first-order chi connectivity index (χ1) is 22.7. The lowest BCUT2D eigenvalue weighted by Crippen LogP contribution is -2.49. The minimum absolute atomic E-state index is 0.0497. The summed E-state index contributed by atoms with van der Waals surface area (Å²) in [5, 5.41) is 17.8. The van der Waals surface area contributed by atoms with Gasteiger partial charge in [0.15, 0.2) is 5.65 Å². The smallest absolute Gasteiger partial charge is 0.323 e. The van der Waals surface area contributed by atoms with Gasteiger partial charge in [-0.05, 0) is 28.8 Å². The molecular weight excluding hydrogens is 600 g/mol. The highest BCUT2D eigenvalue weighted by Gasteiger charge is 2.36. The van der Waals surface area contributed by atoms with Crippen LogP contribution in [0.1, 0.15) is 16.7 Å². The molecule has 2 aromatic heterocycles. The SMILES string of the molecule is COc1ccc(C(NCCN(CC(=O)O)C(=O)Cn2ncc3c(=O)[nH]c(N=CN(C)C)nc32)(c2ccccc2)c2ccccc2)cc1. The van der Waals surface area contributed by atoms with Gasteiger partial charge in [-0.3, -0.25) is 24.7 Å². The fourth-order valence-corrected chi connectivity index (χ4v) is 5.39. The van der Waals surface area contributed by atoms with Gasteiger partial charge < -0.3 is 19.6 Å². The third-order valence-corrected chi connectivity index (χ3v) is 7.58. The Morgan fingerprint density at radius 3 is 2.19 bits per heavy atom. The van der Waals surface area contributed by atoms with Crippen molar-refractivity contribution in [3.8, 4) is 5.75 Å². The highest BCUT2D eigenvalue weighted by Crippen LogP contribution is 2.37. The number of H-pyrrole nitrogens is 1. The van der Waals surface area contributed by atoms with Crippen LogP contribution in [0.2, 0.25) is 0 Å². The number of aromatic nitrogens is 4. The molecule has 3 aromatic carbocycles. The molecule has 47 heavy (non-hydrogen) atoms. The number of nitrogens with zero attached hydrogens (tertiary/aromatic N) is 6. The molecule has 3 N–H and O–H groups in total. The number of aliphatic carboxylic acids is 1. The molecule has 0 saturated heterocycles. The average molecular weight is 637 g/mol. The second-order valence-electron chi connectivity index (χ2n) is 11.0. The van der Waals surface area contributed by atoms with Crippen LogP contribution in [0.25, 0.3) is 11.0 Å². The van der Waals surface area contributed by atoms with E-state index in [9.17, 15) is 19.5 Å². The number of carboxylic acid groups (broad SMARTS) is 1. The number of rotatable bonds is 14. The zero-order chi connectivity index (χ0) is 33.4. The average Bonchev–Trinajstić information content (AvgIpc) is 3.48. The van der Waals surface area contributed by atoms with Gasteiger partial charge in [-0.25, -0.2) is 9.67 Å². The van der Waals surface area contributed by atoms with Gasteiger partial charge in [0.05, 0.1) is 25.2 Å². The van der Waals surface area contributed by atoms with E-state index in [4.69, 9.17) is 4.74 Å². The number of hydrogen-bond acceptors (Lipinski definition) is 8. The van der Waals surface area contributed by atoms with Gasteiger partial charge in [-0.15, -0.1) is 0 Å². The molecule has 5 aromatic rings. The van der Waals surface area contributed by atoms with Crippen molar-refractivity contribution in [3.63, 3.8) is 0 Å². The molecular formula is C34H36N8O5. The lowest BCUT2D eigenvalue weighted by Gasteiger charge is -2.38. The molecule has 2 heterocycles. The van der Waals surface area contributed by atoms with E-state index < -0.39 is 29.5 Å². The summed E-state index contributed by atoms with van der Waals surface area (Å²) in [5.74, 6) is -0.907. The molecule has 0 aliphatic carbocycles. The zero-order valence-electron chi connectivity index (χ0n) is 26.3. The van der Waals surface area contributed by atoms with Crippen molar-refractivity contribution in [2.45, 2.75) is 12.1 Å². The first kappa shape index (κ1) is 32.6. The van der Waals surface area contributed by atoms with Gasteiger partial charge in [-0.1, -0.05) is 72.8 Å². The number of fused-ring (bicyclic) bond motifs is 1. The van der Waals surface area contributed by atoms with Crippen LogP contribution in [0.15, 0.2) is 101 Å². The summed E-state index contributed by atoms with van der Waals surface area (Å²) in [4.78, 5) is 52.2. The van der Waals surface area contributed by atoms with Gasteiger partial charge in [0.2, 0.25) is 11.9 Å². The van der Waals surface area contributed by atoms with Crippen molar-refractivity contribution in [1.29, 1.82) is 0 Å². The van der Waals surface area contributed by atoms with E-state index in [2.05, 4.69) is 25.4 Å². The Hall–Kier alpha value is -5.82. The van der Waals surface area contributed by atoms with Crippen molar-refractivity contribution in [2.75, 3.05) is 40.8 Å². The molecule has 0 spiro atoms. The largest absolute Gasteiger partial charge is 0.497 e. The fraction of sp³-hybridized carbons (Fsp3) is 0.235. The molecule has 0 unspecified atom stereocenters. The van der Waals surface area contributed by atoms with Crippen molar-refractivity contribution >= 4 is 35.2 Å². The van der Waals surface area contributed by atoms with Gasteiger partial charge in [0, 0.05) is 27.2 Å². The topological polar surface area (TPSA) is 158 Å². The van der Waals surface area contributed by atoms with Crippen LogP contribution in [0, 0.1) is 0 Å². The minimum Gasteiger partial charge on any atom is -0.497 e. The third kappa shape index (κ3) is 7.36. The number of carbonyl (C=O) groups excluding carboxylic acids is 1. The Balaban J connectivity index is 1.45. The molecule has 0 radical (unpaired) electrons. The lowest BCUT2D eigenvalue weighted by molar-refractivity contribution is -0.144. The second kappa shape index (κ2) is 14.5. The molecule has 1 amide bonds. The van der Waals surface area contributed by atoms with E-state index in [0.29, 0.717) is 5.75 Å². The molecule has 0 fully saturated rings.